The molecule has 1 aromatic heterocycles. The molecule has 3 rings (SSSR count). The molecule has 27 heavy (non-hydrogen) atoms. The van der Waals surface area contributed by atoms with Crippen molar-refractivity contribution in [2.24, 2.45) is 0 Å². The van der Waals surface area contributed by atoms with Crippen LogP contribution in [-0.4, -0.2) is 21.7 Å². The third-order valence-electron chi connectivity index (χ3n) is 4.10. The average molecular weight is 380 g/mol. The molecule has 0 unspecified atom stereocenters. The van der Waals surface area contributed by atoms with E-state index in [0.29, 0.717) is 34.7 Å². The van der Waals surface area contributed by atoms with Gasteiger partial charge in [0.05, 0.1) is 11.3 Å². The fourth-order valence-corrected chi connectivity index (χ4v) is 2.91. The molecule has 0 atom stereocenters. The van der Waals surface area contributed by atoms with Gasteiger partial charge in [0.1, 0.15) is 0 Å². The molecule has 1 N–H and O–H groups in total. The lowest BCUT2D eigenvalue weighted by atomic mass is 10.0. The number of Topliss-reactive ketones (excluding diaryl/α,β-unsaturated/α-hetero) is 1. The van der Waals surface area contributed by atoms with Crippen molar-refractivity contribution in [1.82, 2.24) is 9.97 Å². The van der Waals surface area contributed by atoms with Crippen molar-refractivity contribution >= 4 is 29.2 Å². The Morgan fingerprint density at radius 2 is 1.70 bits per heavy atom. The molecule has 0 aliphatic carbocycles. The van der Waals surface area contributed by atoms with Crippen LogP contribution in [0.1, 0.15) is 38.9 Å². The molecule has 3 aromatic rings. The summed E-state index contributed by atoms with van der Waals surface area (Å²) in [6.45, 7) is 1.47. The van der Waals surface area contributed by atoms with Gasteiger partial charge in [-0.15, -0.1) is 0 Å². The van der Waals surface area contributed by atoms with Crippen molar-refractivity contribution in [3.63, 3.8) is 0 Å². The number of halogens is 1. The van der Waals surface area contributed by atoms with Crippen molar-refractivity contribution in [1.29, 1.82) is 0 Å². The molecule has 1 heterocycles. The second kappa shape index (κ2) is 8.56. The van der Waals surface area contributed by atoms with E-state index in [2.05, 4.69) is 15.3 Å². The maximum atomic E-state index is 12.3. The first-order valence-corrected chi connectivity index (χ1v) is 8.89. The summed E-state index contributed by atoms with van der Waals surface area (Å²) in [5, 5.41) is 3.35. The molecule has 1 amide bonds. The van der Waals surface area contributed by atoms with E-state index in [1.807, 2.05) is 30.3 Å². The Balaban J connectivity index is 1.81. The number of anilines is 1. The summed E-state index contributed by atoms with van der Waals surface area (Å²) in [4.78, 5) is 32.7. The topological polar surface area (TPSA) is 72.0 Å². The Morgan fingerprint density at radius 1 is 1.00 bits per heavy atom. The van der Waals surface area contributed by atoms with Crippen LogP contribution in [0.5, 0.6) is 0 Å². The third-order valence-corrected chi connectivity index (χ3v) is 4.47. The number of amides is 1. The monoisotopic (exact) mass is 379 g/mol. The second-order valence-electron chi connectivity index (χ2n) is 6.02. The van der Waals surface area contributed by atoms with E-state index in [1.54, 1.807) is 24.3 Å². The van der Waals surface area contributed by atoms with Crippen LogP contribution in [0.15, 0.2) is 60.8 Å². The van der Waals surface area contributed by atoms with E-state index >= 15 is 0 Å². The number of aromatic nitrogens is 2. The summed E-state index contributed by atoms with van der Waals surface area (Å²) < 4.78 is 0. The van der Waals surface area contributed by atoms with Gasteiger partial charge in [-0.05, 0) is 43.5 Å². The zero-order valence-corrected chi connectivity index (χ0v) is 15.5. The number of nitrogens with one attached hydrogen (secondary N) is 1. The Kier molecular flexibility index (Phi) is 5.94. The first-order chi connectivity index (χ1) is 13.0. The summed E-state index contributed by atoms with van der Waals surface area (Å²) in [7, 11) is 0. The first kappa shape index (κ1) is 18.7. The van der Waals surface area contributed by atoms with Gasteiger partial charge in [-0.2, -0.15) is 0 Å². The van der Waals surface area contributed by atoms with Crippen molar-refractivity contribution in [2.75, 3.05) is 5.32 Å². The third kappa shape index (κ3) is 4.77. The highest BCUT2D eigenvalue weighted by Gasteiger charge is 2.14. The fraction of sp³-hybridized carbons (Fsp3) is 0.143. The highest BCUT2D eigenvalue weighted by atomic mass is 35.5. The van der Waals surface area contributed by atoms with E-state index in [-0.39, 0.29) is 17.6 Å². The largest absolute Gasteiger partial charge is 0.294 e. The van der Waals surface area contributed by atoms with Gasteiger partial charge in [0.2, 0.25) is 5.95 Å². The van der Waals surface area contributed by atoms with Gasteiger partial charge in [-0.25, -0.2) is 9.97 Å². The molecule has 0 saturated heterocycles. The number of hydrogen-bond donors (Lipinski definition) is 1. The lowest BCUT2D eigenvalue weighted by Crippen LogP contribution is -2.16. The van der Waals surface area contributed by atoms with Crippen molar-refractivity contribution in [2.45, 2.75) is 19.8 Å². The lowest BCUT2D eigenvalue weighted by molar-refractivity contribution is 0.101. The van der Waals surface area contributed by atoms with Gasteiger partial charge in [0.25, 0.3) is 5.91 Å². The maximum Gasteiger partial charge on any atom is 0.258 e. The minimum absolute atomic E-state index is 0.120. The van der Waals surface area contributed by atoms with E-state index in [4.69, 9.17) is 11.6 Å². The number of hydrogen-bond acceptors (Lipinski definition) is 4. The molecular weight excluding hydrogens is 362 g/mol. The van der Waals surface area contributed by atoms with E-state index in [1.165, 1.54) is 13.1 Å². The van der Waals surface area contributed by atoms with Gasteiger partial charge < -0.3 is 0 Å². The summed E-state index contributed by atoms with van der Waals surface area (Å²) in [6, 6.07) is 16.4. The molecule has 0 bridgehead atoms. The molecule has 6 heteroatoms. The average Bonchev–Trinajstić information content (AvgIpc) is 2.68. The zero-order chi connectivity index (χ0) is 19.2. The summed E-state index contributed by atoms with van der Waals surface area (Å²) in [5.41, 5.74) is 2.51. The minimum atomic E-state index is -0.303. The molecular formula is C21H18ClN3O2. The van der Waals surface area contributed by atoms with E-state index < -0.39 is 0 Å². The number of benzene rings is 2. The van der Waals surface area contributed by atoms with Crippen LogP contribution in [-0.2, 0) is 12.8 Å². The van der Waals surface area contributed by atoms with Crippen LogP contribution >= 0.6 is 11.6 Å². The van der Waals surface area contributed by atoms with Crippen LogP contribution in [0.2, 0.25) is 5.02 Å². The van der Waals surface area contributed by atoms with Gasteiger partial charge in [-0.1, -0.05) is 48.0 Å². The number of carbonyl (C=O) groups excluding carboxylic acids is 2. The molecule has 2 aromatic carbocycles. The van der Waals surface area contributed by atoms with Crippen LogP contribution in [0, 0.1) is 0 Å². The molecule has 5 nitrogen and oxygen atoms in total. The summed E-state index contributed by atoms with van der Waals surface area (Å²) in [5.74, 6) is -0.253. The highest BCUT2D eigenvalue weighted by Crippen LogP contribution is 2.19. The number of nitrogens with zero attached hydrogens (tertiary/aromatic N) is 2. The first-order valence-electron chi connectivity index (χ1n) is 8.51. The molecule has 0 aliphatic heterocycles. The molecule has 0 spiro atoms. The minimum Gasteiger partial charge on any atom is -0.294 e. The van der Waals surface area contributed by atoms with Gasteiger partial charge >= 0.3 is 0 Å². The predicted octanol–water partition coefficient (Wildman–Crippen LogP) is 4.37. The summed E-state index contributed by atoms with van der Waals surface area (Å²) in [6.07, 6.45) is 2.59. The summed E-state index contributed by atoms with van der Waals surface area (Å²) >= 11 is 6.20. The Morgan fingerprint density at radius 3 is 2.41 bits per heavy atom. The van der Waals surface area contributed by atoms with E-state index in [0.717, 1.165) is 5.56 Å². The molecule has 0 fully saturated rings. The van der Waals surface area contributed by atoms with Crippen LogP contribution in [0.4, 0.5) is 5.95 Å². The number of ketones is 1. The van der Waals surface area contributed by atoms with Gasteiger partial charge in [-0.3, -0.25) is 14.9 Å². The van der Waals surface area contributed by atoms with Crippen LogP contribution < -0.4 is 5.32 Å². The standard InChI is InChI=1S/C21H18ClN3O2/c1-14(26)17-13-23-21(25-20(27)16-8-3-2-4-9-16)24-19(17)12-11-15-7-5-6-10-18(15)22/h2-10,13H,11-12H2,1H3,(H,23,24,25,27). The lowest BCUT2D eigenvalue weighted by Gasteiger charge is -2.10. The smallest absolute Gasteiger partial charge is 0.258 e. The van der Waals surface area contributed by atoms with Crippen molar-refractivity contribution in [3.8, 4) is 0 Å². The quantitative estimate of drug-likeness (QED) is 0.645. The molecule has 136 valence electrons. The normalized spacial score (nSPS) is 10.4. The molecule has 0 radical (unpaired) electrons. The van der Waals surface area contributed by atoms with Crippen LogP contribution in [0.25, 0.3) is 0 Å². The van der Waals surface area contributed by atoms with Crippen molar-refractivity contribution < 1.29 is 9.59 Å². The maximum absolute atomic E-state index is 12.3. The van der Waals surface area contributed by atoms with Gasteiger partial charge in [0.15, 0.2) is 5.78 Å². The van der Waals surface area contributed by atoms with Crippen LogP contribution in [0.3, 0.4) is 0 Å². The van der Waals surface area contributed by atoms with E-state index in [9.17, 15) is 9.59 Å². The van der Waals surface area contributed by atoms with Gasteiger partial charge in [0, 0.05) is 16.8 Å². The second-order valence-corrected chi connectivity index (χ2v) is 6.43. The number of carbonyl (C=O) groups is 2. The SMILES string of the molecule is CC(=O)c1cnc(NC(=O)c2ccccc2)nc1CCc1ccccc1Cl. The number of aryl methyl sites for hydroxylation is 2. The Hall–Kier alpha value is -3.05. The zero-order valence-electron chi connectivity index (χ0n) is 14.8. The van der Waals surface area contributed by atoms with Crippen molar-refractivity contribution in [3.05, 3.63) is 88.2 Å². The molecule has 0 aliphatic rings. The Bertz CT molecular complexity index is 974. The fourth-order valence-electron chi connectivity index (χ4n) is 2.68. The predicted molar refractivity (Wildman–Crippen MR) is 105 cm³/mol. The Labute approximate surface area is 162 Å². The number of rotatable bonds is 6. The highest BCUT2D eigenvalue weighted by molar-refractivity contribution is 6.31. The molecule has 0 saturated carbocycles.